The van der Waals surface area contributed by atoms with Gasteiger partial charge in [-0.3, -0.25) is 4.79 Å². The molecule has 0 saturated carbocycles. The highest BCUT2D eigenvalue weighted by Gasteiger charge is 2.23. The number of fused-ring (bicyclic) bond motifs is 1. The molecule has 1 aliphatic heterocycles. The maximum absolute atomic E-state index is 12.2. The summed E-state index contributed by atoms with van der Waals surface area (Å²) in [5.41, 5.74) is 4.26. The summed E-state index contributed by atoms with van der Waals surface area (Å²) < 4.78 is 6.86. The first-order valence-corrected chi connectivity index (χ1v) is 9.56. The van der Waals surface area contributed by atoms with E-state index in [0.29, 0.717) is 17.2 Å². The van der Waals surface area contributed by atoms with Crippen molar-refractivity contribution >= 4 is 50.8 Å². The minimum atomic E-state index is -0.122. The molecule has 0 aromatic heterocycles. The fourth-order valence-corrected chi connectivity index (χ4v) is 3.32. The molecule has 3 aromatic carbocycles. The lowest BCUT2D eigenvalue weighted by Crippen LogP contribution is -2.03. The Hall–Kier alpha value is -2.56. The SMILES string of the molecule is O=C1Nc2cc(Cl)ccc2/C1=C\c1ccc(OCc2ccc(Br)cc2)cc1. The molecule has 0 saturated heterocycles. The molecule has 0 radical (unpaired) electrons. The number of hydrogen-bond acceptors (Lipinski definition) is 2. The molecule has 1 aliphatic rings. The van der Waals surface area contributed by atoms with E-state index < -0.39 is 0 Å². The van der Waals surface area contributed by atoms with Gasteiger partial charge in [-0.2, -0.15) is 0 Å². The topological polar surface area (TPSA) is 38.3 Å². The van der Waals surface area contributed by atoms with Crippen molar-refractivity contribution in [2.45, 2.75) is 6.61 Å². The average molecular weight is 441 g/mol. The van der Waals surface area contributed by atoms with Crippen LogP contribution in [0, 0.1) is 0 Å². The quantitative estimate of drug-likeness (QED) is 0.492. The van der Waals surface area contributed by atoms with E-state index in [9.17, 15) is 4.79 Å². The minimum absolute atomic E-state index is 0.122. The third-order valence-electron chi connectivity index (χ3n) is 4.27. The summed E-state index contributed by atoms with van der Waals surface area (Å²) in [6, 6.07) is 21.1. The predicted molar refractivity (Wildman–Crippen MR) is 113 cm³/mol. The van der Waals surface area contributed by atoms with E-state index in [2.05, 4.69) is 21.2 Å². The summed E-state index contributed by atoms with van der Waals surface area (Å²) in [4.78, 5) is 12.2. The number of rotatable bonds is 4. The number of nitrogens with one attached hydrogen (secondary N) is 1. The number of halogens is 2. The second kappa shape index (κ2) is 7.59. The first kappa shape index (κ1) is 17.8. The molecule has 1 amide bonds. The van der Waals surface area contributed by atoms with Gasteiger partial charge >= 0.3 is 0 Å². The number of benzene rings is 3. The number of hydrogen-bond donors (Lipinski definition) is 1. The Morgan fingerprint density at radius 1 is 1.00 bits per heavy atom. The maximum Gasteiger partial charge on any atom is 0.256 e. The van der Waals surface area contributed by atoms with Gasteiger partial charge < -0.3 is 10.1 Å². The number of carbonyl (C=O) groups excluding carboxylic acids is 1. The van der Waals surface area contributed by atoms with Crippen LogP contribution < -0.4 is 10.1 Å². The third kappa shape index (κ3) is 4.07. The summed E-state index contributed by atoms with van der Waals surface area (Å²) >= 11 is 9.41. The normalized spacial score (nSPS) is 14.1. The molecule has 134 valence electrons. The Labute approximate surface area is 170 Å². The van der Waals surface area contributed by atoms with Crippen molar-refractivity contribution in [1.82, 2.24) is 0 Å². The molecule has 0 bridgehead atoms. The van der Waals surface area contributed by atoms with Crippen molar-refractivity contribution in [3.8, 4) is 5.75 Å². The molecule has 0 unspecified atom stereocenters. The highest BCUT2D eigenvalue weighted by atomic mass is 79.9. The maximum atomic E-state index is 12.2. The Morgan fingerprint density at radius 2 is 1.74 bits per heavy atom. The van der Waals surface area contributed by atoms with E-state index in [1.807, 2.05) is 60.7 Å². The molecule has 3 nitrogen and oxygen atoms in total. The van der Waals surface area contributed by atoms with Gasteiger partial charge in [-0.25, -0.2) is 0 Å². The van der Waals surface area contributed by atoms with E-state index >= 15 is 0 Å². The van der Waals surface area contributed by atoms with Crippen molar-refractivity contribution < 1.29 is 9.53 Å². The second-order valence-electron chi connectivity index (χ2n) is 6.19. The van der Waals surface area contributed by atoms with Crippen molar-refractivity contribution in [3.63, 3.8) is 0 Å². The molecule has 1 N–H and O–H groups in total. The van der Waals surface area contributed by atoms with Gasteiger partial charge in [0.15, 0.2) is 0 Å². The van der Waals surface area contributed by atoms with Crippen molar-refractivity contribution in [2.24, 2.45) is 0 Å². The van der Waals surface area contributed by atoms with Crippen LogP contribution in [0.25, 0.3) is 11.6 Å². The van der Waals surface area contributed by atoms with Crippen LogP contribution in [-0.2, 0) is 11.4 Å². The molecule has 0 fully saturated rings. The Morgan fingerprint density at radius 3 is 2.48 bits per heavy atom. The van der Waals surface area contributed by atoms with Crippen LogP contribution in [0.3, 0.4) is 0 Å². The highest BCUT2D eigenvalue weighted by Crippen LogP contribution is 2.35. The van der Waals surface area contributed by atoms with E-state index in [1.165, 1.54) is 0 Å². The lowest BCUT2D eigenvalue weighted by atomic mass is 10.0. The summed E-state index contributed by atoms with van der Waals surface area (Å²) in [6.07, 6.45) is 1.87. The van der Waals surface area contributed by atoms with Gasteiger partial charge in [0.1, 0.15) is 12.4 Å². The van der Waals surface area contributed by atoms with Crippen molar-refractivity contribution in [3.05, 3.63) is 92.9 Å². The van der Waals surface area contributed by atoms with Crippen LogP contribution in [0.15, 0.2) is 71.2 Å². The van der Waals surface area contributed by atoms with E-state index in [0.717, 1.165) is 32.6 Å². The van der Waals surface area contributed by atoms with Gasteiger partial charge in [0.05, 0.1) is 5.69 Å². The summed E-state index contributed by atoms with van der Waals surface area (Å²) in [7, 11) is 0. The molecular weight excluding hydrogens is 426 g/mol. The van der Waals surface area contributed by atoms with Crippen molar-refractivity contribution in [1.29, 1.82) is 0 Å². The van der Waals surface area contributed by atoms with Gasteiger partial charge in [-0.15, -0.1) is 0 Å². The molecule has 3 aromatic rings. The van der Waals surface area contributed by atoms with Gasteiger partial charge in [0.2, 0.25) is 0 Å². The van der Waals surface area contributed by atoms with Crippen LogP contribution in [0.1, 0.15) is 16.7 Å². The number of amides is 1. The first-order chi connectivity index (χ1) is 13.1. The van der Waals surface area contributed by atoms with Crippen LogP contribution in [-0.4, -0.2) is 5.91 Å². The zero-order valence-corrected chi connectivity index (χ0v) is 16.5. The Balaban J connectivity index is 1.49. The van der Waals surface area contributed by atoms with Crippen LogP contribution in [0.5, 0.6) is 5.75 Å². The van der Waals surface area contributed by atoms with E-state index in [1.54, 1.807) is 12.1 Å². The molecular formula is C22H15BrClNO2. The predicted octanol–water partition coefficient (Wildman–Crippen LogP) is 6.17. The Kier molecular flexibility index (Phi) is 5.01. The second-order valence-corrected chi connectivity index (χ2v) is 7.54. The molecule has 1 heterocycles. The molecule has 4 rings (SSSR count). The fraction of sp³-hybridized carbons (Fsp3) is 0.0455. The number of anilines is 1. The lowest BCUT2D eigenvalue weighted by molar-refractivity contribution is -0.110. The average Bonchev–Trinajstić information content (AvgIpc) is 2.97. The largest absolute Gasteiger partial charge is 0.489 e. The Bertz CT molecular complexity index is 1030. The molecule has 0 aliphatic carbocycles. The van der Waals surface area contributed by atoms with Gasteiger partial charge in [0.25, 0.3) is 5.91 Å². The zero-order valence-electron chi connectivity index (χ0n) is 14.2. The van der Waals surface area contributed by atoms with Crippen molar-refractivity contribution in [2.75, 3.05) is 5.32 Å². The highest BCUT2D eigenvalue weighted by molar-refractivity contribution is 9.10. The van der Waals surface area contributed by atoms with Gasteiger partial charge in [-0.1, -0.05) is 57.9 Å². The fourth-order valence-electron chi connectivity index (χ4n) is 2.88. The third-order valence-corrected chi connectivity index (χ3v) is 5.04. The molecule has 5 heteroatoms. The minimum Gasteiger partial charge on any atom is -0.489 e. The lowest BCUT2D eigenvalue weighted by Gasteiger charge is -2.07. The van der Waals surface area contributed by atoms with Gasteiger partial charge in [0, 0.05) is 20.6 Å². The van der Waals surface area contributed by atoms with Crippen LogP contribution in [0.2, 0.25) is 5.02 Å². The monoisotopic (exact) mass is 439 g/mol. The zero-order chi connectivity index (χ0) is 18.8. The first-order valence-electron chi connectivity index (χ1n) is 8.39. The molecule has 0 spiro atoms. The summed E-state index contributed by atoms with van der Waals surface area (Å²) in [5.74, 6) is 0.658. The summed E-state index contributed by atoms with van der Waals surface area (Å²) in [6.45, 7) is 0.504. The summed E-state index contributed by atoms with van der Waals surface area (Å²) in [5, 5.41) is 3.44. The van der Waals surface area contributed by atoms with Crippen LogP contribution >= 0.6 is 27.5 Å². The molecule has 0 atom stereocenters. The molecule has 27 heavy (non-hydrogen) atoms. The van der Waals surface area contributed by atoms with E-state index in [4.69, 9.17) is 16.3 Å². The van der Waals surface area contributed by atoms with Crippen LogP contribution in [0.4, 0.5) is 5.69 Å². The number of ether oxygens (including phenoxy) is 1. The number of carbonyl (C=O) groups is 1. The smallest absolute Gasteiger partial charge is 0.256 e. The standard InChI is InChI=1S/C22H15BrClNO2/c23-16-5-1-15(2-6-16)13-27-18-8-3-14(4-9-18)11-20-19-10-7-17(24)12-21(19)25-22(20)26/h1-12H,13H2,(H,25,26)/b20-11+. The van der Waals surface area contributed by atoms with Gasteiger partial charge in [-0.05, 0) is 53.6 Å². The van der Waals surface area contributed by atoms with E-state index in [-0.39, 0.29) is 5.91 Å².